The molecule has 5 nitrogen and oxygen atoms in total. The zero-order chi connectivity index (χ0) is 20.1. The Kier molecular flexibility index (Phi) is 3.91. The molecule has 1 aliphatic rings. The van der Waals surface area contributed by atoms with Gasteiger partial charge < -0.3 is 5.11 Å². The second-order valence-corrected chi connectivity index (χ2v) is 7.11. The monoisotopic (exact) mass is 391 g/mol. The van der Waals surface area contributed by atoms with E-state index in [1.807, 2.05) is 0 Å². The summed E-state index contributed by atoms with van der Waals surface area (Å²) < 4.78 is 28.3. The third kappa shape index (κ3) is 3.04. The van der Waals surface area contributed by atoms with Gasteiger partial charge in [0.2, 0.25) is 0 Å². The molecule has 2 heterocycles. The van der Waals surface area contributed by atoms with E-state index in [0.717, 1.165) is 12.8 Å². The Bertz CT molecular complexity index is 1240. The van der Waals surface area contributed by atoms with E-state index in [2.05, 4.69) is 10.1 Å². The van der Waals surface area contributed by atoms with E-state index in [1.165, 1.54) is 30.3 Å². The van der Waals surface area contributed by atoms with Crippen molar-refractivity contribution >= 4 is 17.0 Å². The van der Waals surface area contributed by atoms with Crippen LogP contribution < -0.4 is 0 Å². The molecule has 29 heavy (non-hydrogen) atoms. The molecule has 144 valence electrons. The molecule has 2 aromatic heterocycles. The maximum Gasteiger partial charge on any atom is 0.336 e. The lowest BCUT2D eigenvalue weighted by atomic mass is 10.0. The van der Waals surface area contributed by atoms with Crippen LogP contribution in [0.2, 0.25) is 0 Å². The van der Waals surface area contributed by atoms with Gasteiger partial charge in [-0.3, -0.25) is 0 Å². The van der Waals surface area contributed by atoms with Crippen LogP contribution in [-0.4, -0.2) is 25.8 Å². The Hall–Kier alpha value is -3.61. The minimum Gasteiger partial charge on any atom is -0.478 e. The fourth-order valence-corrected chi connectivity index (χ4v) is 3.48. The highest BCUT2D eigenvalue weighted by Gasteiger charge is 2.32. The molecule has 4 aromatic rings. The highest BCUT2D eigenvalue weighted by atomic mass is 19.1. The normalized spacial score (nSPS) is 13.7. The second-order valence-electron chi connectivity index (χ2n) is 7.11. The SMILES string of the molecule is O=C(O)c1cc(-c2ccc(F)cc2)nc2c1c(C1CC1)nn2-c1ccc(F)cc1. The van der Waals surface area contributed by atoms with Crippen molar-refractivity contribution in [1.29, 1.82) is 0 Å². The highest BCUT2D eigenvalue weighted by Crippen LogP contribution is 2.44. The minimum atomic E-state index is -1.08. The van der Waals surface area contributed by atoms with Crippen molar-refractivity contribution in [3.8, 4) is 16.9 Å². The van der Waals surface area contributed by atoms with Crippen molar-refractivity contribution in [1.82, 2.24) is 14.8 Å². The van der Waals surface area contributed by atoms with Gasteiger partial charge in [0.05, 0.1) is 28.0 Å². The van der Waals surface area contributed by atoms with Crippen LogP contribution in [0, 0.1) is 11.6 Å². The van der Waals surface area contributed by atoms with Gasteiger partial charge in [-0.15, -0.1) is 0 Å². The van der Waals surface area contributed by atoms with Crippen LogP contribution in [0.15, 0.2) is 54.6 Å². The first kappa shape index (κ1) is 17.5. The van der Waals surface area contributed by atoms with Crippen LogP contribution in [0.3, 0.4) is 0 Å². The molecule has 0 saturated heterocycles. The zero-order valence-corrected chi connectivity index (χ0v) is 15.1. The summed E-state index contributed by atoms with van der Waals surface area (Å²) in [7, 11) is 0. The van der Waals surface area contributed by atoms with Crippen LogP contribution in [0.25, 0.3) is 28.0 Å². The largest absolute Gasteiger partial charge is 0.478 e. The number of hydrogen-bond acceptors (Lipinski definition) is 3. The van der Waals surface area contributed by atoms with Gasteiger partial charge in [0, 0.05) is 11.5 Å². The lowest BCUT2D eigenvalue weighted by molar-refractivity contribution is 0.0699. The third-order valence-corrected chi connectivity index (χ3v) is 5.07. The minimum absolute atomic E-state index is 0.101. The maximum absolute atomic E-state index is 13.4. The fourth-order valence-electron chi connectivity index (χ4n) is 3.48. The van der Waals surface area contributed by atoms with Gasteiger partial charge in [-0.1, -0.05) is 0 Å². The van der Waals surface area contributed by atoms with E-state index >= 15 is 0 Å². The topological polar surface area (TPSA) is 68.0 Å². The summed E-state index contributed by atoms with van der Waals surface area (Å²) in [6.45, 7) is 0. The number of nitrogens with zero attached hydrogens (tertiary/aromatic N) is 3. The van der Waals surface area contributed by atoms with Crippen molar-refractivity contribution in [3.05, 3.63) is 77.5 Å². The molecule has 1 fully saturated rings. The molecule has 0 bridgehead atoms. The first-order valence-corrected chi connectivity index (χ1v) is 9.20. The molecule has 1 aliphatic carbocycles. The summed E-state index contributed by atoms with van der Waals surface area (Å²) >= 11 is 0. The summed E-state index contributed by atoms with van der Waals surface area (Å²) in [5.74, 6) is -1.66. The summed E-state index contributed by atoms with van der Waals surface area (Å²) in [4.78, 5) is 16.7. The van der Waals surface area contributed by atoms with E-state index < -0.39 is 5.97 Å². The van der Waals surface area contributed by atoms with E-state index in [0.29, 0.717) is 33.7 Å². The number of aromatic nitrogens is 3. The molecule has 0 radical (unpaired) electrons. The number of aromatic carboxylic acids is 1. The number of halogens is 2. The number of rotatable bonds is 4. The summed E-state index contributed by atoms with van der Waals surface area (Å²) in [5.41, 5.74) is 2.77. The molecule has 0 amide bonds. The van der Waals surface area contributed by atoms with Crippen molar-refractivity contribution in [2.24, 2.45) is 0 Å². The summed E-state index contributed by atoms with van der Waals surface area (Å²) in [6.07, 6.45) is 1.88. The Labute approximate surface area is 164 Å². The number of carboxylic acid groups (broad SMARTS) is 1. The highest BCUT2D eigenvalue weighted by molar-refractivity contribution is 6.04. The van der Waals surface area contributed by atoms with Gasteiger partial charge >= 0.3 is 5.97 Å². The quantitative estimate of drug-likeness (QED) is 0.535. The fraction of sp³-hybridized carbons (Fsp3) is 0.136. The van der Waals surface area contributed by atoms with Gasteiger partial charge in [0.25, 0.3) is 0 Å². The number of carboxylic acids is 1. The molecule has 5 rings (SSSR count). The van der Waals surface area contributed by atoms with Crippen LogP contribution in [0.5, 0.6) is 0 Å². The molecule has 1 N–H and O–H groups in total. The van der Waals surface area contributed by atoms with Crippen LogP contribution in [0.1, 0.15) is 34.8 Å². The standard InChI is InChI=1S/C22H15F2N3O2/c23-14-5-3-12(4-6-14)18-11-17(22(28)29)19-20(13-1-2-13)26-27(21(19)25-18)16-9-7-15(24)8-10-16/h3-11,13H,1-2H2,(H,28,29). The number of fused-ring (bicyclic) bond motifs is 1. The van der Waals surface area contributed by atoms with Crippen LogP contribution in [-0.2, 0) is 0 Å². The Balaban J connectivity index is 1.82. The lowest BCUT2D eigenvalue weighted by Gasteiger charge is -2.07. The molecule has 0 spiro atoms. The molecule has 7 heteroatoms. The number of benzene rings is 2. The van der Waals surface area contributed by atoms with Gasteiger partial charge in [-0.05, 0) is 67.4 Å². The van der Waals surface area contributed by atoms with E-state index in [1.54, 1.807) is 28.9 Å². The molecule has 0 atom stereocenters. The van der Waals surface area contributed by atoms with Gasteiger partial charge in [0.1, 0.15) is 11.6 Å². The van der Waals surface area contributed by atoms with Crippen LogP contribution in [0.4, 0.5) is 8.78 Å². The van der Waals surface area contributed by atoms with Crippen LogP contribution >= 0.6 is 0 Å². The van der Waals surface area contributed by atoms with Gasteiger partial charge in [-0.25, -0.2) is 23.2 Å². The van der Waals surface area contributed by atoms with Crippen molar-refractivity contribution in [2.75, 3.05) is 0 Å². The predicted octanol–water partition coefficient (Wildman–Crippen LogP) is 4.94. The molecule has 1 saturated carbocycles. The first-order chi connectivity index (χ1) is 14.0. The van der Waals surface area contributed by atoms with Gasteiger partial charge in [-0.2, -0.15) is 5.10 Å². The predicted molar refractivity (Wildman–Crippen MR) is 103 cm³/mol. The van der Waals surface area contributed by atoms with Crippen molar-refractivity contribution in [3.63, 3.8) is 0 Å². The average Bonchev–Trinajstić information content (AvgIpc) is 3.49. The number of pyridine rings is 1. The molecular formula is C22H15F2N3O2. The number of hydrogen-bond donors (Lipinski definition) is 1. The zero-order valence-electron chi connectivity index (χ0n) is 15.1. The van der Waals surface area contributed by atoms with Crippen molar-refractivity contribution in [2.45, 2.75) is 18.8 Å². The summed E-state index contributed by atoms with van der Waals surface area (Å²) in [6, 6.07) is 13.0. The van der Waals surface area contributed by atoms with Crippen molar-refractivity contribution < 1.29 is 18.7 Å². The average molecular weight is 391 g/mol. The van der Waals surface area contributed by atoms with E-state index in [9.17, 15) is 18.7 Å². The van der Waals surface area contributed by atoms with E-state index in [-0.39, 0.29) is 23.1 Å². The lowest BCUT2D eigenvalue weighted by Crippen LogP contribution is -2.02. The Morgan fingerprint density at radius 1 is 1.00 bits per heavy atom. The van der Waals surface area contributed by atoms with Gasteiger partial charge in [0.15, 0.2) is 5.65 Å². The number of carbonyl (C=O) groups is 1. The Morgan fingerprint density at radius 3 is 2.21 bits per heavy atom. The second kappa shape index (κ2) is 6.48. The first-order valence-electron chi connectivity index (χ1n) is 9.20. The molecule has 2 aromatic carbocycles. The maximum atomic E-state index is 13.4. The molecule has 0 unspecified atom stereocenters. The Morgan fingerprint density at radius 2 is 1.62 bits per heavy atom. The molecule has 0 aliphatic heterocycles. The van der Waals surface area contributed by atoms with E-state index in [4.69, 9.17) is 0 Å². The molecular weight excluding hydrogens is 376 g/mol. The third-order valence-electron chi connectivity index (χ3n) is 5.07. The smallest absolute Gasteiger partial charge is 0.336 e. The summed E-state index contributed by atoms with van der Waals surface area (Å²) in [5, 5.41) is 15.0.